The molecule has 0 radical (unpaired) electrons. The van der Waals surface area contributed by atoms with Crippen molar-refractivity contribution < 1.29 is 22.8 Å². The van der Waals surface area contributed by atoms with Crippen LogP contribution >= 0.6 is 11.3 Å². The first-order valence-corrected chi connectivity index (χ1v) is 9.49. The molecule has 0 fully saturated rings. The molecule has 29 heavy (non-hydrogen) atoms. The molecule has 4 aromatic rings. The predicted octanol–water partition coefficient (Wildman–Crippen LogP) is 5.21. The average molecular weight is 412 g/mol. The fraction of sp³-hybridized carbons (Fsp3) is 0.0476. The Kier molecular flexibility index (Phi) is 5.09. The number of hydrogen-bond acceptors (Lipinski definition) is 4. The number of thiophene rings is 1. The van der Waals surface area contributed by atoms with E-state index in [1.807, 2.05) is 17.5 Å². The van der Waals surface area contributed by atoms with E-state index in [9.17, 15) is 18.4 Å². The van der Waals surface area contributed by atoms with Gasteiger partial charge in [-0.05, 0) is 35.7 Å². The second-order valence-electron chi connectivity index (χ2n) is 6.19. The second-order valence-corrected chi connectivity index (χ2v) is 7.22. The Morgan fingerprint density at radius 1 is 0.966 bits per heavy atom. The normalized spacial score (nSPS) is 10.8. The van der Waals surface area contributed by atoms with Gasteiger partial charge in [0.15, 0.2) is 11.6 Å². The lowest BCUT2D eigenvalue weighted by atomic mass is 10.2. The number of anilines is 2. The van der Waals surface area contributed by atoms with Gasteiger partial charge in [-0.15, -0.1) is 11.3 Å². The van der Waals surface area contributed by atoms with Crippen molar-refractivity contribution in [1.82, 2.24) is 0 Å². The van der Waals surface area contributed by atoms with Crippen LogP contribution in [0.1, 0.15) is 15.4 Å². The number of halogens is 2. The molecular formula is C21H14F2N2O3S. The summed E-state index contributed by atoms with van der Waals surface area (Å²) in [6.07, 6.45) is 0.154. The molecule has 5 nitrogen and oxygen atoms in total. The van der Waals surface area contributed by atoms with Crippen molar-refractivity contribution in [3.05, 3.63) is 82.2 Å². The number of carbonyl (C=O) groups is 2. The molecule has 0 saturated heterocycles. The summed E-state index contributed by atoms with van der Waals surface area (Å²) in [5, 5.41) is 7.63. The van der Waals surface area contributed by atoms with Gasteiger partial charge in [0.2, 0.25) is 11.7 Å². The standard InChI is InChI=1S/C21H14F2N2O3S/c22-15-8-7-12(10-16(15)23)24-21(27)20-19(14-5-1-2-6-17(14)28-20)25-18(26)11-13-4-3-9-29-13/h1-10H,11H2,(H,24,27)(H,25,26). The van der Waals surface area contributed by atoms with Crippen LogP contribution in [0.4, 0.5) is 20.2 Å². The number of furan rings is 1. The van der Waals surface area contributed by atoms with Gasteiger partial charge in [-0.3, -0.25) is 9.59 Å². The minimum atomic E-state index is -1.09. The van der Waals surface area contributed by atoms with Gasteiger partial charge in [0.05, 0.1) is 6.42 Å². The van der Waals surface area contributed by atoms with Crippen LogP contribution in [0.15, 0.2) is 64.4 Å². The Labute approximate surface area is 168 Å². The summed E-state index contributed by atoms with van der Waals surface area (Å²) in [5.41, 5.74) is 0.696. The monoisotopic (exact) mass is 412 g/mol. The molecule has 0 aliphatic rings. The molecular weight excluding hydrogens is 398 g/mol. The third kappa shape index (κ3) is 4.02. The fourth-order valence-corrected chi connectivity index (χ4v) is 3.55. The van der Waals surface area contributed by atoms with Crippen molar-refractivity contribution in [2.75, 3.05) is 10.6 Å². The Morgan fingerprint density at radius 3 is 2.55 bits per heavy atom. The van der Waals surface area contributed by atoms with E-state index in [1.54, 1.807) is 24.3 Å². The highest BCUT2D eigenvalue weighted by Gasteiger charge is 2.23. The number of para-hydroxylation sites is 1. The predicted molar refractivity (Wildman–Crippen MR) is 107 cm³/mol. The van der Waals surface area contributed by atoms with Gasteiger partial charge < -0.3 is 15.1 Å². The highest BCUT2D eigenvalue weighted by Crippen LogP contribution is 2.32. The molecule has 0 spiro atoms. The highest BCUT2D eigenvalue weighted by atomic mass is 32.1. The Bertz CT molecular complexity index is 1200. The van der Waals surface area contributed by atoms with Crippen molar-refractivity contribution in [1.29, 1.82) is 0 Å². The van der Waals surface area contributed by atoms with Crippen molar-refractivity contribution in [2.45, 2.75) is 6.42 Å². The maximum absolute atomic E-state index is 13.4. The van der Waals surface area contributed by atoms with Crippen molar-refractivity contribution in [3.8, 4) is 0 Å². The number of rotatable bonds is 5. The van der Waals surface area contributed by atoms with E-state index in [0.29, 0.717) is 11.0 Å². The van der Waals surface area contributed by atoms with Crippen molar-refractivity contribution in [3.63, 3.8) is 0 Å². The molecule has 2 amide bonds. The van der Waals surface area contributed by atoms with Crippen LogP contribution in [-0.4, -0.2) is 11.8 Å². The molecule has 0 bridgehead atoms. The quantitative estimate of drug-likeness (QED) is 0.473. The summed E-state index contributed by atoms with van der Waals surface area (Å²) >= 11 is 1.45. The van der Waals surface area contributed by atoms with E-state index in [1.165, 1.54) is 17.4 Å². The van der Waals surface area contributed by atoms with Gasteiger partial charge >= 0.3 is 0 Å². The van der Waals surface area contributed by atoms with Gasteiger partial charge in [0, 0.05) is 22.0 Å². The lowest BCUT2D eigenvalue weighted by Gasteiger charge is -2.07. The summed E-state index contributed by atoms with van der Waals surface area (Å²) in [5.74, 6) is -3.24. The number of hydrogen-bond donors (Lipinski definition) is 2. The number of amides is 2. The lowest BCUT2D eigenvalue weighted by molar-refractivity contribution is -0.115. The van der Waals surface area contributed by atoms with Gasteiger partial charge in [-0.2, -0.15) is 0 Å². The van der Waals surface area contributed by atoms with E-state index in [-0.39, 0.29) is 29.5 Å². The molecule has 4 rings (SSSR count). The van der Waals surface area contributed by atoms with Gasteiger partial charge in [0.1, 0.15) is 11.3 Å². The second kappa shape index (κ2) is 7.84. The minimum Gasteiger partial charge on any atom is -0.449 e. The lowest BCUT2D eigenvalue weighted by Crippen LogP contribution is -2.18. The smallest absolute Gasteiger partial charge is 0.293 e. The fourth-order valence-electron chi connectivity index (χ4n) is 2.85. The zero-order valence-corrected chi connectivity index (χ0v) is 15.7. The largest absolute Gasteiger partial charge is 0.449 e. The summed E-state index contributed by atoms with van der Waals surface area (Å²) < 4.78 is 32.2. The molecule has 0 atom stereocenters. The van der Waals surface area contributed by atoms with Crippen LogP contribution in [0.3, 0.4) is 0 Å². The van der Waals surface area contributed by atoms with E-state index in [2.05, 4.69) is 10.6 Å². The van der Waals surface area contributed by atoms with E-state index in [0.717, 1.165) is 17.0 Å². The van der Waals surface area contributed by atoms with Gasteiger partial charge in [-0.1, -0.05) is 18.2 Å². The first kappa shape index (κ1) is 18.8. The van der Waals surface area contributed by atoms with Crippen LogP contribution in [-0.2, 0) is 11.2 Å². The summed E-state index contributed by atoms with van der Waals surface area (Å²) in [6, 6.07) is 13.6. The topological polar surface area (TPSA) is 71.3 Å². The maximum atomic E-state index is 13.4. The molecule has 0 aliphatic heterocycles. The molecule has 8 heteroatoms. The first-order valence-electron chi connectivity index (χ1n) is 8.61. The minimum absolute atomic E-state index is 0.0604. The summed E-state index contributed by atoms with van der Waals surface area (Å²) in [4.78, 5) is 26.1. The maximum Gasteiger partial charge on any atom is 0.293 e. The SMILES string of the molecule is O=C(Cc1cccs1)Nc1c(C(=O)Nc2ccc(F)c(F)c2)oc2ccccc12. The third-order valence-corrected chi connectivity index (χ3v) is 5.03. The summed E-state index contributed by atoms with van der Waals surface area (Å²) in [6.45, 7) is 0. The molecule has 146 valence electrons. The molecule has 0 saturated carbocycles. The average Bonchev–Trinajstić information content (AvgIpc) is 3.33. The first-order chi connectivity index (χ1) is 14.0. The molecule has 2 aromatic carbocycles. The van der Waals surface area contributed by atoms with Gasteiger partial charge in [0.25, 0.3) is 5.91 Å². The Hall–Kier alpha value is -3.52. The molecule has 0 aliphatic carbocycles. The Balaban J connectivity index is 1.64. The Morgan fingerprint density at radius 2 is 1.79 bits per heavy atom. The number of benzene rings is 2. The van der Waals surface area contributed by atoms with Crippen LogP contribution < -0.4 is 10.6 Å². The van der Waals surface area contributed by atoms with Crippen LogP contribution in [0.25, 0.3) is 11.0 Å². The van der Waals surface area contributed by atoms with Crippen molar-refractivity contribution in [2.24, 2.45) is 0 Å². The molecule has 2 N–H and O–H groups in total. The van der Waals surface area contributed by atoms with Crippen LogP contribution in [0, 0.1) is 11.6 Å². The molecule has 2 aromatic heterocycles. The van der Waals surface area contributed by atoms with Gasteiger partial charge in [-0.25, -0.2) is 8.78 Å². The van der Waals surface area contributed by atoms with Crippen molar-refractivity contribution >= 4 is 45.5 Å². The summed E-state index contributed by atoms with van der Waals surface area (Å²) in [7, 11) is 0. The van der Waals surface area contributed by atoms with Crippen LogP contribution in [0.5, 0.6) is 0 Å². The number of fused-ring (bicyclic) bond motifs is 1. The van der Waals surface area contributed by atoms with E-state index in [4.69, 9.17) is 4.42 Å². The zero-order chi connectivity index (χ0) is 20.4. The zero-order valence-electron chi connectivity index (χ0n) is 14.9. The van der Waals surface area contributed by atoms with Crippen LogP contribution in [0.2, 0.25) is 0 Å². The molecule has 2 heterocycles. The highest BCUT2D eigenvalue weighted by molar-refractivity contribution is 7.10. The van der Waals surface area contributed by atoms with E-state index >= 15 is 0 Å². The number of nitrogens with one attached hydrogen (secondary N) is 2. The number of carbonyl (C=O) groups excluding carboxylic acids is 2. The van der Waals surface area contributed by atoms with E-state index < -0.39 is 17.5 Å². The molecule has 0 unspecified atom stereocenters. The third-order valence-electron chi connectivity index (χ3n) is 4.16.